The number of hydrogen-bond acceptors (Lipinski definition) is 3. The molecule has 0 aromatic heterocycles. The number of anilines is 2. The molecule has 0 N–H and O–H groups in total. The lowest BCUT2D eigenvalue weighted by Gasteiger charge is -2.43. The lowest BCUT2D eigenvalue weighted by molar-refractivity contribution is -0.136. The topological polar surface area (TPSA) is 32.8 Å². The number of rotatable bonds is 3. The van der Waals surface area contributed by atoms with Crippen molar-refractivity contribution in [1.29, 1.82) is 0 Å². The Bertz CT molecular complexity index is 788. The molecule has 1 aromatic carbocycles. The van der Waals surface area contributed by atoms with E-state index in [4.69, 9.17) is 4.74 Å². The Morgan fingerprint density at radius 1 is 0.967 bits per heavy atom. The maximum Gasteiger partial charge on any atom is 0.233 e. The van der Waals surface area contributed by atoms with E-state index in [1.165, 1.54) is 31.4 Å². The molecule has 5 rings (SSSR count). The third-order valence-electron chi connectivity index (χ3n) is 8.16. The first-order chi connectivity index (χ1) is 14.7. The highest BCUT2D eigenvalue weighted by Crippen LogP contribution is 2.42. The molecule has 0 unspecified atom stereocenters. The first-order valence-corrected chi connectivity index (χ1v) is 12.1. The van der Waals surface area contributed by atoms with E-state index in [-0.39, 0.29) is 5.41 Å². The first kappa shape index (κ1) is 20.1. The molecule has 2 atom stereocenters. The molecule has 1 amide bonds. The van der Waals surface area contributed by atoms with Gasteiger partial charge in [-0.15, -0.1) is 0 Å². The van der Waals surface area contributed by atoms with Gasteiger partial charge in [-0.3, -0.25) is 4.79 Å². The molecule has 3 aliphatic heterocycles. The summed E-state index contributed by atoms with van der Waals surface area (Å²) in [5.74, 6) is 1.80. The number of nitrogens with zero attached hydrogens (tertiary/aromatic N) is 2. The first-order valence-electron chi connectivity index (χ1n) is 12.1. The molecule has 4 heteroatoms. The molecule has 0 bridgehead atoms. The number of carbonyl (C=O) groups excluding carboxylic acids is 1. The van der Waals surface area contributed by atoms with Crippen molar-refractivity contribution in [2.45, 2.75) is 58.3 Å². The van der Waals surface area contributed by atoms with E-state index in [1.807, 2.05) is 4.90 Å². The second-order valence-electron chi connectivity index (χ2n) is 9.94. The van der Waals surface area contributed by atoms with Crippen LogP contribution in [0, 0.1) is 17.3 Å². The van der Waals surface area contributed by atoms with Gasteiger partial charge in [-0.25, -0.2) is 0 Å². The highest BCUT2D eigenvalue weighted by Gasteiger charge is 2.45. The van der Waals surface area contributed by atoms with Gasteiger partial charge in [0.1, 0.15) is 0 Å². The minimum Gasteiger partial charge on any atom is -0.381 e. The summed E-state index contributed by atoms with van der Waals surface area (Å²) in [5, 5.41) is 0. The van der Waals surface area contributed by atoms with Crippen LogP contribution in [0.4, 0.5) is 11.4 Å². The van der Waals surface area contributed by atoms with Crippen LogP contribution in [0.3, 0.4) is 0 Å². The fourth-order valence-electron chi connectivity index (χ4n) is 6.28. The molecule has 0 radical (unpaired) electrons. The summed E-state index contributed by atoms with van der Waals surface area (Å²) in [7, 11) is 0. The summed E-state index contributed by atoms with van der Waals surface area (Å²) in [6.45, 7) is 6.98. The summed E-state index contributed by atoms with van der Waals surface area (Å²) >= 11 is 0. The maximum absolute atomic E-state index is 13.3. The van der Waals surface area contributed by atoms with Crippen LogP contribution in [0.15, 0.2) is 35.9 Å². The van der Waals surface area contributed by atoms with Crippen molar-refractivity contribution in [1.82, 2.24) is 0 Å². The number of piperidine rings is 1. The number of hydrogen-bond donors (Lipinski definition) is 0. The predicted octanol–water partition coefficient (Wildman–Crippen LogP) is 5.18. The second-order valence-corrected chi connectivity index (χ2v) is 9.94. The Morgan fingerprint density at radius 2 is 1.73 bits per heavy atom. The van der Waals surface area contributed by atoms with Gasteiger partial charge >= 0.3 is 0 Å². The Balaban J connectivity index is 1.27. The average molecular weight is 409 g/mol. The van der Waals surface area contributed by atoms with Crippen molar-refractivity contribution in [3.8, 4) is 0 Å². The average Bonchev–Trinajstić information content (AvgIpc) is 3.27. The molecule has 3 fully saturated rings. The van der Waals surface area contributed by atoms with Crippen LogP contribution in [0.2, 0.25) is 0 Å². The summed E-state index contributed by atoms with van der Waals surface area (Å²) in [5.41, 5.74) is 3.90. The monoisotopic (exact) mass is 408 g/mol. The van der Waals surface area contributed by atoms with Crippen molar-refractivity contribution in [3.05, 3.63) is 35.9 Å². The standard InChI is InChI=1S/C26H36N2O2/c1-20-5-2-3-6-24(20)21-11-16-27(19-21)22-7-9-23(10-8-22)28-15-4-12-26(25(28)29)13-17-30-18-14-26/h6-10,20-21H,2-5,11-19H2,1H3/t20-,21+/m0/s1. The molecule has 1 aliphatic carbocycles. The van der Waals surface area contributed by atoms with E-state index in [0.717, 1.165) is 76.1 Å². The number of allylic oxidation sites excluding steroid dienone is 1. The highest BCUT2D eigenvalue weighted by molar-refractivity contribution is 5.98. The molecular formula is C26H36N2O2. The molecule has 1 aromatic rings. The summed E-state index contributed by atoms with van der Waals surface area (Å²) in [6.07, 6.45) is 11.6. The Morgan fingerprint density at radius 3 is 2.50 bits per heavy atom. The number of amides is 1. The van der Waals surface area contributed by atoms with Crippen LogP contribution < -0.4 is 9.80 Å². The Hall–Kier alpha value is -1.81. The van der Waals surface area contributed by atoms with Crippen LogP contribution in [0.5, 0.6) is 0 Å². The Kier molecular flexibility index (Phi) is 5.61. The van der Waals surface area contributed by atoms with Gasteiger partial charge in [0.15, 0.2) is 0 Å². The van der Waals surface area contributed by atoms with Crippen molar-refractivity contribution < 1.29 is 9.53 Å². The van der Waals surface area contributed by atoms with Crippen molar-refractivity contribution >= 4 is 17.3 Å². The summed E-state index contributed by atoms with van der Waals surface area (Å²) in [4.78, 5) is 17.9. The zero-order valence-corrected chi connectivity index (χ0v) is 18.4. The zero-order valence-electron chi connectivity index (χ0n) is 18.4. The van der Waals surface area contributed by atoms with Crippen LogP contribution in [0.25, 0.3) is 0 Å². The van der Waals surface area contributed by atoms with E-state index in [0.29, 0.717) is 5.91 Å². The molecule has 162 valence electrons. The molecule has 0 saturated carbocycles. The fraction of sp³-hybridized carbons (Fsp3) is 0.654. The van der Waals surface area contributed by atoms with Gasteiger partial charge < -0.3 is 14.5 Å². The lowest BCUT2D eigenvalue weighted by atomic mass is 9.73. The Labute approximate surface area is 181 Å². The minimum atomic E-state index is -0.179. The van der Waals surface area contributed by atoms with Gasteiger partial charge in [-0.05, 0) is 87.5 Å². The normalized spacial score (nSPS) is 29.4. The second kappa shape index (κ2) is 8.37. The lowest BCUT2D eigenvalue weighted by Crippen LogP contribution is -2.51. The third-order valence-corrected chi connectivity index (χ3v) is 8.16. The van der Waals surface area contributed by atoms with Gasteiger partial charge in [0.2, 0.25) is 5.91 Å². The molecule has 3 saturated heterocycles. The predicted molar refractivity (Wildman–Crippen MR) is 122 cm³/mol. The van der Waals surface area contributed by atoms with Gasteiger partial charge in [-0.1, -0.05) is 18.6 Å². The van der Waals surface area contributed by atoms with Crippen molar-refractivity contribution in [3.63, 3.8) is 0 Å². The van der Waals surface area contributed by atoms with E-state index in [1.54, 1.807) is 5.57 Å². The van der Waals surface area contributed by atoms with Gasteiger partial charge in [-0.2, -0.15) is 0 Å². The minimum absolute atomic E-state index is 0.179. The van der Waals surface area contributed by atoms with E-state index in [2.05, 4.69) is 42.2 Å². The van der Waals surface area contributed by atoms with Crippen molar-refractivity contribution in [2.24, 2.45) is 17.3 Å². The molecule has 3 heterocycles. The van der Waals surface area contributed by atoms with Gasteiger partial charge in [0.05, 0.1) is 5.41 Å². The van der Waals surface area contributed by atoms with E-state index >= 15 is 0 Å². The summed E-state index contributed by atoms with van der Waals surface area (Å²) in [6, 6.07) is 8.80. The highest BCUT2D eigenvalue weighted by atomic mass is 16.5. The summed E-state index contributed by atoms with van der Waals surface area (Å²) < 4.78 is 5.54. The molecule has 4 aliphatic rings. The molecule has 4 nitrogen and oxygen atoms in total. The fourth-order valence-corrected chi connectivity index (χ4v) is 6.28. The van der Waals surface area contributed by atoms with Gasteiger partial charge in [0, 0.05) is 44.2 Å². The number of benzene rings is 1. The van der Waals surface area contributed by atoms with Crippen LogP contribution in [-0.4, -0.2) is 38.8 Å². The SMILES string of the molecule is C[C@H]1CCCC=C1[C@@H]1CCN(c2ccc(N3CCCC4(CCOCC4)C3=O)cc2)C1. The quantitative estimate of drug-likeness (QED) is 0.646. The maximum atomic E-state index is 13.3. The van der Waals surface area contributed by atoms with Crippen LogP contribution in [-0.2, 0) is 9.53 Å². The third kappa shape index (κ3) is 3.68. The number of ether oxygens (including phenoxy) is 1. The van der Waals surface area contributed by atoms with Crippen LogP contribution >= 0.6 is 0 Å². The van der Waals surface area contributed by atoms with Crippen LogP contribution in [0.1, 0.15) is 58.3 Å². The molecule has 30 heavy (non-hydrogen) atoms. The molecule has 1 spiro atoms. The number of carbonyl (C=O) groups is 1. The van der Waals surface area contributed by atoms with E-state index in [9.17, 15) is 4.79 Å². The largest absolute Gasteiger partial charge is 0.381 e. The van der Waals surface area contributed by atoms with Crippen molar-refractivity contribution in [2.75, 3.05) is 42.6 Å². The zero-order chi connectivity index (χ0) is 20.6. The smallest absolute Gasteiger partial charge is 0.233 e. The van der Waals surface area contributed by atoms with Gasteiger partial charge in [0.25, 0.3) is 0 Å². The molecular weight excluding hydrogens is 372 g/mol. The van der Waals surface area contributed by atoms with E-state index < -0.39 is 0 Å².